The minimum absolute atomic E-state index is 0.0757. The van der Waals surface area contributed by atoms with Crippen molar-refractivity contribution in [3.8, 4) is 0 Å². The first-order chi connectivity index (χ1) is 15.4. The number of carbonyl (C=O) groups is 4. The van der Waals surface area contributed by atoms with E-state index in [0.717, 1.165) is 16.9 Å². The number of β-lactam (4-membered cyclic amide) rings is 1. The Balaban J connectivity index is 1.78. The van der Waals surface area contributed by atoms with E-state index < -0.39 is 35.8 Å². The molecule has 1 aromatic heterocycles. The van der Waals surface area contributed by atoms with Gasteiger partial charge in [0.2, 0.25) is 11.8 Å². The van der Waals surface area contributed by atoms with Crippen LogP contribution in [0.15, 0.2) is 40.9 Å². The average Bonchev–Trinajstić information content (AvgIpc) is 3.26. The molecule has 1 saturated heterocycles. The molecule has 2 atom stereocenters. The third-order valence-corrected chi connectivity index (χ3v) is 5.22. The minimum Gasteiger partial charge on any atom is -0.467 e. The van der Waals surface area contributed by atoms with Crippen LogP contribution in [0.1, 0.15) is 11.3 Å². The second-order valence-corrected chi connectivity index (χ2v) is 7.50. The molecule has 168 valence electrons. The van der Waals surface area contributed by atoms with Crippen molar-refractivity contribution in [1.29, 1.82) is 0 Å². The van der Waals surface area contributed by atoms with E-state index in [9.17, 15) is 19.2 Å². The molecule has 2 heterocycles. The van der Waals surface area contributed by atoms with Crippen molar-refractivity contribution >= 4 is 57.5 Å². The summed E-state index contributed by atoms with van der Waals surface area (Å²) < 4.78 is 4.60. The number of benzene rings is 1. The lowest BCUT2D eigenvalue weighted by atomic mass is 9.99. The van der Waals surface area contributed by atoms with Crippen LogP contribution in [0, 0.1) is 0 Å². The van der Waals surface area contributed by atoms with Crippen LogP contribution in [0.3, 0.4) is 0 Å². The molecule has 3 amide bonds. The molecule has 0 aliphatic carbocycles. The van der Waals surface area contributed by atoms with Gasteiger partial charge >= 0.3 is 5.97 Å². The molecule has 0 radical (unpaired) electrons. The number of amides is 3. The van der Waals surface area contributed by atoms with E-state index in [1.54, 1.807) is 0 Å². The lowest BCUT2D eigenvalue weighted by Gasteiger charge is -2.34. The number of anilines is 1. The first-order valence-electron chi connectivity index (χ1n) is 9.17. The summed E-state index contributed by atoms with van der Waals surface area (Å²) in [5, 5.41) is 12.8. The van der Waals surface area contributed by atoms with Crippen molar-refractivity contribution in [3.05, 3.63) is 47.0 Å². The summed E-state index contributed by atoms with van der Waals surface area (Å²) in [4.78, 5) is 57.4. The molecule has 0 saturated carbocycles. The number of rotatable bonds is 9. The highest BCUT2D eigenvalue weighted by Crippen LogP contribution is 2.17. The van der Waals surface area contributed by atoms with E-state index in [2.05, 4.69) is 30.8 Å². The molecule has 3 N–H and O–H groups in total. The largest absolute Gasteiger partial charge is 0.467 e. The third kappa shape index (κ3) is 5.59. The minimum atomic E-state index is -1.14. The van der Waals surface area contributed by atoms with Gasteiger partial charge in [0.15, 0.2) is 16.9 Å². The second kappa shape index (κ2) is 10.7. The highest BCUT2D eigenvalue weighted by Gasteiger charge is 2.46. The lowest BCUT2D eigenvalue weighted by Crippen LogP contribution is -2.72. The van der Waals surface area contributed by atoms with Crippen LogP contribution in [0.5, 0.6) is 0 Å². The molecule has 3 rings (SSSR count). The van der Waals surface area contributed by atoms with Crippen LogP contribution >= 0.6 is 22.9 Å². The molecule has 1 aliphatic rings. The van der Waals surface area contributed by atoms with Crippen molar-refractivity contribution in [2.45, 2.75) is 18.7 Å². The monoisotopic (exact) mass is 479 g/mol. The maximum Gasteiger partial charge on any atom is 0.331 e. The molecule has 1 fully saturated rings. The van der Waals surface area contributed by atoms with Gasteiger partial charge in [0.25, 0.3) is 5.91 Å². The Bertz CT molecular complexity index is 1040. The van der Waals surface area contributed by atoms with Gasteiger partial charge in [-0.15, -0.1) is 22.9 Å². The van der Waals surface area contributed by atoms with E-state index in [1.807, 2.05) is 30.3 Å². The predicted molar refractivity (Wildman–Crippen MR) is 115 cm³/mol. The number of esters is 1. The average molecular weight is 480 g/mol. The number of carbonyl (C=O) groups excluding carboxylic acids is 4. The summed E-state index contributed by atoms with van der Waals surface area (Å²) >= 11 is 6.52. The molecule has 1 aliphatic heterocycles. The summed E-state index contributed by atoms with van der Waals surface area (Å²) in [7, 11) is 1.17. The smallest absolute Gasteiger partial charge is 0.331 e. The zero-order valence-electron chi connectivity index (χ0n) is 16.7. The second-order valence-electron chi connectivity index (χ2n) is 6.38. The van der Waals surface area contributed by atoms with Gasteiger partial charge in [0.1, 0.15) is 24.2 Å². The summed E-state index contributed by atoms with van der Waals surface area (Å²) in [6.07, 6.45) is 0. The highest BCUT2D eigenvalue weighted by atomic mass is 35.5. The van der Waals surface area contributed by atoms with E-state index >= 15 is 0 Å². The maximum absolute atomic E-state index is 12.9. The Morgan fingerprint density at radius 2 is 2.03 bits per heavy atom. The number of hydrogen-bond acceptors (Lipinski definition) is 9. The fourth-order valence-corrected chi connectivity index (χ4v) is 3.38. The van der Waals surface area contributed by atoms with Crippen LogP contribution in [-0.2, 0) is 35.4 Å². The van der Waals surface area contributed by atoms with Crippen LogP contribution in [0.4, 0.5) is 5.13 Å². The number of aromatic nitrogens is 1. The number of hydrogen-bond donors (Lipinski definition) is 3. The Hall–Kier alpha value is -3.51. The molecular formula is C19H18ClN5O6S. The maximum atomic E-state index is 12.9. The summed E-state index contributed by atoms with van der Waals surface area (Å²) in [6.45, 7) is 0.0757. The van der Waals surface area contributed by atoms with E-state index in [-0.39, 0.29) is 29.0 Å². The van der Waals surface area contributed by atoms with E-state index in [0.29, 0.717) is 0 Å². The molecular weight excluding hydrogens is 462 g/mol. The number of alkyl halides is 1. The number of nitrogens with one attached hydrogen (secondary N) is 3. The van der Waals surface area contributed by atoms with Crippen LogP contribution in [0.25, 0.3) is 0 Å². The van der Waals surface area contributed by atoms with Gasteiger partial charge < -0.3 is 25.5 Å². The molecule has 0 bridgehead atoms. The van der Waals surface area contributed by atoms with Crippen molar-refractivity contribution in [3.63, 3.8) is 0 Å². The van der Waals surface area contributed by atoms with Crippen molar-refractivity contribution in [2.24, 2.45) is 5.16 Å². The van der Waals surface area contributed by atoms with Crippen LogP contribution in [0.2, 0.25) is 0 Å². The fraction of sp³-hybridized carbons (Fsp3) is 0.263. The predicted octanol–water partition coefficient (Wildman–Crippen LogP) is 0.398. The zero-order chi connectivity index (χ0) is 23.1. The van der Waals surface area contributed by atoms with E-state index in [4.69, 9.17) is 16.4 Å². The quantitative estimate of drug-likeness (QED) is 0.155. The molecule has 32 heavy (non-hydrogen) atoms. The number of halogens is 1. The Morgan fingerprint density at radius 1 is 1.28 bits per heavy atom. The van der Waals surface area contributed by atoms with Crippen LogP contribution in [-0.4, -0.2) is 59.5 Å². The molecule has 11 nitrogen and oxygen atoms in total. The molecule has 1 aromatic carbocycles. The third-order valence-electron chi connectivity index (χ3n) is 4.21. The van der Waals surface area contributed by atoms with Gasteiger partial charge in [0.05, 0.1) is 7.11 Å². The van der Waals surface area contributed by atoms with Gasteiger partial charge in [-0.1, -0.05) is 35.5 Å². The normalized spacial score (nSPS) is 17.6. The summed E-state index contributed by atoms with van der Waals surface area (Å²) in [5.74, 6) is -2.78. The molecule has 2 aromatic rings. The number of nitrogens with zero attached hydrogens (tertiary/aromatic N) is 2. The molecule has 13 heteroatoms. The van der Waals surface area contributed by atoms with Gasteiger partial charge in [-0.2, -0.15) is 0 Å². The summed E-state index contributed by atoms with van der Waals surface area (Å²) in [5.41, 5.74) is 0.667. The zero-order valence-corrected chi connectivity index (χ0v) is 18.2. The number of thiazole rings is 1. The fourth-order valence-electron chi connectivity index (χ4n) is 2.60. The Kier molecular flexibility index (Phi) is 7.73. The van der Waals surface area contributed by atoms with Gasteiger partial charge in [-0.25, -0.2) is 9.78 Å². The SMILES string of the molecule is COC(=O)C1NC(=O)C1NC(=O)/C(=N\OCc1ccccc1)c1csc(NC(=O)CCl)n1. The van der Waals surface area contributed by atoms with Gasteiger partial charge in [-0.05, 0) is 5.56 Å². The van der Waals surface area contributed by atoms with Gasteiger partial charge in [0, 0.05) is 5.38 Å². The Morgan fingerprint density at radius 3 is 2.69 bits per heavy atom. The highest BCUT2D eigenvalue weighted by molar-refractivity contribution is 7.14. The van der Waals surface area contributed by atoms with Crippen molar-refractivity contribution in [1.82, 2.24) is 15.6 Å². The lowest BCUT2D eigenvalue weighted by molar-refractivity contribution is -0.153. The Labute approximate surface area is 191 Å². The number of ether oxygens (including phenoxy) is 1. The van der Waals surface area contributed by atoms with Crippen molar-refractivity contribution in [2.75, 3.05) is 18.3 Å². The first kappa shape index (κ1) is 23.2. The number of oxime groups is 1. The van der Waals surface area contributed by atoms with Gasteiger partial charge in [-0.3, -0.25) is 14.4 Å². The number of methoxy groups -OCH3 is 1. The standard InChI is InChI=1S/C19H18ClN5O6S/c1-30-18(29)15-14(17(28)24-15)23-16(27)13(25-31-8-10-5-3-2-4-6-10)11-9-32-19(21-11)22-12(26)7-20/h2-6,9,14-15H,7-8H2,1H3,(H,23,27)(H,24,28)(H,21,22,26)/b25-13-. The first-order valence-corrected chi connectivity index (χ1v) is 10.6. The summed E-state index contributed by atoms with van der Waals surface area (Å²) in [6, 6.07) is 6.98. The van der Waals surface area contributed by atoms with E-state index in [1.165, 1.54) is 12.5 Å². The molecule has 0 spiro atoms. The van der Waals surface area contributed by atoms with Crippen molar-refractivity contribution < 1.29 is 28.8 Å². The molecule has 2 unspecified atom stereocenters. The van der Waals surface area contributed by atoms with Crippen LogP contribution < -0.4 is 16.0 Å². The topological polar surface area (TPSA) is 148 Å².